The molecule has 0 saturated carbocycles. The normalized spacial score (nSPS) is 23.8. The van der Waals surface area contributed by atoms with Crippen LogP contribution >= 0.6 is 0 Å². The van der Waals surface area contributed by atoms with Crippen molar-refractivity contribution in [3.05, 3.63) is 29.8 Å². The summed E-state index contributed by atoms with van der Waals surface area (Å²) in [4.78, 5) is 7.36. The van der Waals surface area contributed by atoms with E-state index in [1.807, 2.05) is 6.07 Å². The molecule has 25 heavy (non-hydrogen) atoms. The van der Waals surface area contributed by atoms with Crippen LogP contribution in [0.15, 0.2) is 29.3 Å². The van der Waals surface area contributed by atoms with Crippen molar-refractivity contribution in [3.8, 4) is 5.75 Å². The standard InChI is InChI=1S/C20H32N4O/c1-3-21-20(22-13-16-8-7-11-24(4-2)15-16)23-14-18-12-17-9-5-6-10-19(17)25-18/h5-6,9-10,16,18H,3-4,7-8,11-15H2,1-2H3,(H2,21,22,23). The second-order valence-electron chi connectivity index (χ2n) is 7.05. The van der Waals surface area contributed by atoms with Crippen LogP contribution < -0.4 is 15.4 Å². The lowest BCUT2D eigenvalue weighted by Gasteiger charge is -2.31. The molecule has 5 nitrogen and oxygen atoms in total. The predicted molar refractivity (Wildman–Crippen MR) is 103 cm³/mol. The van der Waals surface area contributed by atoms with Crippen molar-refractivity contribution in [1.82, 2.24) is 15.5 Å². The quantitative estimate of drug-likeness (QED) is 0.614. The van der Waals surface area contributed by atoms with E-state index >= 15 is 0 Å². The Bertz CT molecular complexity index is 550. The summed E-state index contributed by atoms with van der Waals surface area (Å²) in [7, 11) is 0. The van der Waals surface area contributed by atoms with Gasteiger partial charge in [0.25, 0.3) is 0 Å². The van der Waals surface area contributed by atoms with Gasteiger partial charge in [-0.1, -0.05) is 25.1 Å². The monoisotopic (exact) mass is 344 g/mol. The van der Waals surface area contributed by atoms with Crippen LogP contribution in [0.2, 0.25) is 0 Å². The molecule has 0 bridgehead atoms. The van der Waals surface area contributed by atoms with E-state index in [1.165, 1.54) is 31.5 Å². The molecule has 2 atom stereocenters. The van der Waals surface area contributed by atoms with Crippen LogP contribution in [0.4, 0.5) is 0 Å². The van der Waals surface area contributed by atoms with Crippen LogP contribution in [0.5, 0.6) is 5.75 Å². The Morgan fingerprint density at radius 1 is 1.28 bits per heavy atom. The highest BCUT2D eigenvalue weighted by molar-refractivity contribution is 5.79. The molecule has 2 N–H and O–H groups in total. The van der Waals surface area contributed by atoms with Crippen LogP contribution in [0.1, 0.15) is 32.3 Å². The average Bonchev–Trinajstić information content (AvgIpc) is 3.07. The summed E-state index contributed by atoms with van der Waals surface area (Å²) in [6.45, 7) is 10.5. The SMILES string of the molecule is CCNC(=NCC1CCCN(CC)C1)NCC1Cc2ccccc2O1. The number of rotatable bonds is 6. The first-order valence-electron chi connectivity index (χ1n) is 9.77. The maximum absolute atomic E-state index is 6.01. The number of nitrogens with one attached hydrogen (secondary N) is 2. The molecule has 2 unspecified atom stereocenters. The minimum atomic E-state index is 0.187. The van der Waals surface area contributed by atoms with E-state index in [-0.39, 0.29) is 6.10 Å². The maximum atomic E-state index is 6.01. The summed E-state index contributed by atoms with van der Waals surface area (Å²) in [5.74, 6) is 2.62. The molecule has 1 fully saturated rings. The Labute approximate surface area is 151 Å². The van der Waals surface area contributed by atoms with Gasteiger partial charge in [0.05, 0.1) is 6.54 Å². The third kappa shape index (κ3) is 5.11. The van der Waals surface area contributed by atoms with Crippen molar-refractivity contribution >= 4 is 5.96 Å². The molecule has 1 saturated heterocycles. The molecule has 138 valence electrons. The lowest BCUT2D eigenvalue weighted by molar-refractivity contribution is 0.186. The van der Waals surface area contributed by atoms with E-state index in [4.69, 9.17) is 9.73 Å². The number of aliphatic imine (C=N–C) groups is 1. The summed E-state index contributed by atoms with van der Waals surface area (Å²) in [5, 5.41) is 6.82. The van der Waals surface area contributed by atoms with Gasteiger partial charge in [-0.3, -0.25) is 4.99 Å². The zero-order valence-corrected chi connectivity index (χ0v) is 15.6. The molecule has 2 heterocycles. The number of hydrogen-bond acceptors (Lipinski definition) is 3. The van der Waals surface area contributed by atoms with Gasteiger partial charge in [-0.2, -0.15) is 0 Å². The molecule has 0 radical (unpaired) electrons. The molecular weight excluding hydrogens is 312 g/mol. The Morgan fingerprint density at radius 2 is 2.16 bits per heavy atom. The number of hydrogen-bond donors (Lipinski definition) is 2. The molecule has 1 aromatic carbocycles. The van der Waals surface area contributed by atoms with Gasteiger partial charge in [-0.25, -0.2) is 0 Å². The van der Waals surface area contributed by atoms with Gasteiger partial charge in [0.15, 0.2) is 5.96 Å². The summed E-state index contributed by atoms with van der Waals surface area (Å²) < 4.78 is 6.01. The number of benzene rings is 1. The van der Waals surface area contributed by atoms with Crippen molar-refractivity contribution in [2.45, 2.75) is 39.2 Å². The van der Waals surface area contributed by atoms with E-state index in [0.717, 1.165) is 44.3 Å². The van der Waals surface area contributed by atoms with Crippen LogP contribution in [0, 0.1) is 5.92 Å². The summed E-state index contributed by atoms with van der Waals surface area (Å²) >= 11 is 0. The molecular formula is C20H32N4O. The highest BCUT2D eigenvalue weighted by Crippen LogP contribution is 2.27. The van der Waals surface area contributed by atoms with Crippen LogP contribution in [-0.4, -0.2) is 56.2 Å². The highest BCUT2D eigenvalue weighted by atomic mass is 16.5. The van der Waals surface area contributed by atoms with Gasteiger partial charge in [0.2, 0.25) is 0 Å². The Kier molecular flexibility index (Phi) is 6.56. The topological polar surface area (TPSA) is 48.9 Å². The van der Waals surface area contributed by atoms with Crippen LogP contribution in [-0.2, 0) is 6.42 Å². The number of para-hydroxylation sites is 1. The van der Waals surface area contributed by atoms with Crippen molar-refractivity contribution in [2.75, 3.05) is 39.3 Å². The summed E-state index contributed by atoms with van der Waals surface area (Å²) in [6, 6.07) is 8.31. The summed E-state index contributed by atoms with van der Waals surface area (Å²) in [6.07, 6.45) is 3.75. The lowest BCUT2D eigenvalue weighted by atomic mass is 9.98. The third-order valence-corrected chi connectivity index (χ3v) is 5.11. The summed E-state index contributed by atoms with van der Waals surface area (Å²) in [5.41, 5.74) is 1.30. The largest absolute Gasteiger partial charge is 0.488 e. The fourth-order valence-electron chi connectivity index (χ4n) is 3.73. The first-order chi connectivity index (χ1) is 12.3. The molecule has 5 heteroatoms. The number of guanidine groups is 1. The third-order valence-electron chi connectivity index (χ3n) is 5.11. The first kappa shape index (κ1) is 18.1. The van der Waals surface area contributed by atoms with Gasteiger partial charge >= 0.3 is 0 Å². The second-order valence-corrected chi connectivity index (χ2v) is 7.05. The van der Waals surface area contributed by atoms with Crippen molar-refractivity contribution in [1.29, 1.82) is 0 Å². The Hall–Kier alpha value is -1.75. The number of ether oxygens (including phenoxy) is 1. The smallest absolute Gasteiger partial charge is 0.191 e. The van der Waals surface area contributed by atoms with Crippen molar-refractivity contribution in [2.24, 2.45) is 10.9 Å². The average molecular weight is 345 g/mol. The minimum Gasteiger partial charge on any atom is -0.488 e. The molecule has 0 aliphatic carbocycles. The fraction of sp³-hybridized carbons (Fsp3) is 0.650. The number of nitrogens with zero attached hydrogens (tertiary/aromatic N) is 2. The number of likely N-dealkylation sites (tertiary alicyclic amines) is 1. The van der Waals surface area contributed by atoms with E-state index in [0.29, 0.717) is 5.92 Å². The van der Waals surface area contributed by atoms with E-state index < -0.39 is 0 Å². The first-order valence-corrected chi connectivity index (χ1v) is 9.77. The molecule has 0 spiro atoms. The van der Waals surface area contributed by atoms with Gasteiger partial charge in [-0.15, -0.1) is 0 Å². The molecule has 1 aromatic rings. The zero-order chi connectivity index (χ0) is 17.5. The van der Waals surface area contributed by atoms with Gasteiger partial charge in [-0.05, 0) is 50.4 Å². The fourth-order valence-corrected chi connectivity index (χ4v) is 3.73. The minimum absolute atomic E-state index is 0.187. The predicted octanol–water partition coefficient (Wildman–Crippen LogP) is 2.28. The van der Waals surface area contributed by atoms with Gasteiger partial charge < -0.3 is 20.3 Å². The molecule has 3 rings (SSSR count). The molecule has 0 aromatic heterocycles. The maximum Gasteiger partial charge on any atom is 0.191 e. The number of fused-ring (bicyclic) bond motifs is 1. The highest BCUT2D eigenvalue weighted by Gasteiger charge is 2.22. The van der Waals surface area contributed by atoms with Crippen LogP contribution in [0.3, 0.4) is 0 Å². The molecule has 0 amide bonds. The van der Waals surface area contributed by atoms with Crippen molar-refractivity contribution < 1.29 is 4.74 Å². The molecule has 2 aliphatic rings. The van der Waals surface area contributed by atoms with E-state index in [9.17, 15) is 0 Å². The zero-order valence-electron chi connectivity index (χ0n) is 15.6. The lowest BCUT2D eigenvalue weighted by Crippen LogP contribution is -2.43. The van der Waals surface area contributed by atoms with E-state index in [1.54, 1.807) is 0 Å². The van der Waals surface area contributed by atoms with Crippen LogP contribution in [0.25, 0.3) is 0 Å². The van der Waals surface area contributed by atoms with Gasteiger partial charge in [0.1, 0.15) is 11.9 Å². The Balaban J connectivity index is 1.48. The van der Waals surface area contributed by atoms with E-state index in [2.05, 4.69) is 47.6 Å². The second kappa shape index (κ2) is 9.09. The number of piperidine rings is 1. The Morgan fingerprint density at radius 3 is 2.96 bits per heavy atom. The van der Waals surface area contributed by atoms with Crippen molar-refractivity contribution in [3.63, 3.8) is 0 Å². The molecule has 2 aliphatic heterocycles. The van der Waals surface area contributed by atoms with Gasteiger partial charge in [0, 0.05) is 26.1 Å².